The first-order valence-electron chi connectivity index (χ1n) is 8.13. The maximum Gasteiger partial charge on any atom is 0.298 e. The highest BCUT2D eigenvalue weighted by molar-refractivity contribution is 6.30. The highest BCUT2D eigenvalue weighted by Crippen LogP contribution is 2.73. The zero-order valence-electron chi connectivity index (χ0n) is 13.5. The van der Waals surface area contributed by atoms with Crippen LogP contribution in [-0.2, 0) is 0 Å². The van der Waals surface area contributed by atoms with Gasteiger partial charge in [0.25, 0.3) is 11.1 Å². The molecule has 4 rings (SSSR count). The number of rotatable bonds is 5. The second-order valence-electron chi connectivity index (χ2n) is 6.99. The molecular formula is C18H14Cl2N2O4. The van der Waals surface area contributed by atoms with E-state index < -0.39 is 32.8 Å². The van der Waals surface area contributed by atoms with E-state index in [1.807, 2.05) is 0 Å². The van der Waals surface area contributed by atoms with Crippen molar-refractivity contribution in [3.05, 3.63) is 89.9 Å². The van der Waals surface area contributed by atoms with Gasteiger partial charge in [0.05, 0.1) is 11.8 Å². The lowest BCUT2D eigenvalue weighted by molar-refractivity contribution is -0.644. The van der Waals surface area contributed by atoms with Crippen molar-refractivity contribution >= 4 is 23.2 Å². The van der Waals surface area contributed by atoms with Gasteiger partial charge in [-0.2, -0.15) is 0 Å². The Hall–Kier alpha value is -2.18. The van der Waals surface area contributed by atoms with E-state index in [4.69, 9.17) is 23.2 Å². The second kappa shape index (κ2) is 5.66. The van der Waals surface area contributed by atoms with E-state index in [1.54, 1.807) is 48.5 Å². The van der Waals surface area contributed by atoms with E-state index in [9.17, 15) is 20.2 Å². The molecule has 4 atom stereocenters. The summed E-state index contributed by atoms with van der Waals surface area (Å²) < 4.78 is 0. The Bertz CT molecular complexity index is 861. The number of nitro groups is 2. The Balaban J connectivity index is 1.77. The second-order valence-corrected chi connectivity index (χ2v) is 7.86. The van der Waals surface area contributed by atoms with Crippen molar-refractivity contribution in [2.24, 2.45) is 0 Å². The molecule has 134 valence electrons. The number of hydrogen-bond acceptors (Lipinski definition) is 4. The molecule has 6 nitrogen and oxygen atoms in total. The Kier molecular flexibility index (Phi) is 3.75. The van der Waals surface area contributed by atoms with Gasteiger partial charge in [-0.3, -0.25) is 20.2 Å². The van der Waals surface area contributed by atoms with Gasteiger partial charge in [-0.15, -0.1) is 0 Å². The van der Waals surface area contributed by atoms with Gasteiger partial charge < -0.3 is 0 Å². The van der Waals surface area contributed by atoms with Crippen LogP contribution in [0.4, 0.5) is 0 Å². The van der Waals surface area contributed by atoms with Crippen molar-refractivity contribution in [1.29, 1.82) is 0 Å². The summed E-state index contributed by atoms with van der Waals surface area (Å²) in [5.74, 6) is -1.04. The lowest BCUT2D eigenvalue weighted by atomic mass is 9.93. The quantitative estimate of drug-likeness (QED) is 0.544. The summed E-state index contributed by atoms with van der Waals surface area (Å²) in [7, 11) is 0. The SMILES string of the molecule is O=[N+]([O-])[C@]1([C@]2([N+](=O)[O-])C[C@H]2c2cccc(Cl)c2)C[C@@H]1c1cccc(Cl)c1. The van der Waals surface area contributed by atoms with E-state index in [0.29, 0.717) is 21.2 Å². The van der Waals surface area contributed by atoms with Crippen molar-refractivity contribution in [3.63, 3.8) is 0 Å². The third-order valence-corrected chi connectivity index (χ3v) is 6.24. The molecule has 2 aliphatic carbocycles. The Labute approximate surface area is 159 Å². The highest BCUT2D eigenvalue weighted by Gasteiger charge is 2.93. The minimum Gasteiger partial charge on any atom is -0.264 e. The fourth-order valence-corrected chi connectivity index (χ4v) is 4.81. The summed E-state index contributed by atoms with van der Waals surface area (Å²) in [4.78, 5) is 23.2. The van der Waals surface area contributed by atoms with Crippen LogP contribution in [0.25, 0.3) is 0 Å². The molecule has 2 fully saturated rings. The molecule has 0 radical (unpaired) electrons. The zero-order valence-corrected chi connectivity index (χ0v) is 15.0. The van der Waals surface area contributed by atoms with Gasteiger partial charge in [0.2, 0.25) is 0 Å². The molecule has 0 N–H and O–H groups in total. The number of hydrogen-bond donors (Lipinski definition) is 0. The molecule has 0 heterocycles. The number of nitrogens with zero attached hydrogens (tertiary/aromatic N) is 2. The lowest BCUT2D eigenvalue weighted by Gasteiger charge is -2.16. The largest absolute Gasteiger partial charge is 0.298 e. The highest BCUT2D eigenvalue weighted by atomic mass is 35.5. The first kappa shape index (κ1) is 17.2. The normalized spacial score (nSPS) is 32.1. The van der Waals surface area contributed by atoms with Gasteiger partial charge >= 0.3 is 0 Å². The van der Waals surface area contributed by atoms with Crippen molar-refractivity contribution in [2.45, 2.75) is 35.8 Å². The number of halogens is 2. The first-order valence-corrected chi connectivity index (χ1v) is 8.88. The maximum absolute atomic E-state index is 12.0. The topological polar surface area (TPSA) is 86.3 Å². The molecule has 0 aromatic heterocycles. The van der Waals surface area contributed by atoms with Crippen LogP contribution in [0.2, 0.25) is 10.0 Å². The van der Waals surface area contributed by atoms with Gasteiger partial charge in [0.1, 0.15) is 0 Å². The molecular weight excluding hydrogens is 379 g/mol. The van der Waals surface area contributed by atoms with Crippen molar-refractivity contribution in [1.82, 2.24) is 0 Å². The number of benzene rings is 2. The van der Waals surface area contributed by atoms with E-state index in [2.05, 4.69) is 0 Å². The summed E-state index contributed by atoms with van der Waals surface area (Å²) >= 11 is 12.0. The Morgan fingerprint density at radius 2 is 1.19 bits per heavy atom. The van der Waals surface area contributed by atoms with Crippen molar-refractivity contribution in [2.75, 3.05) is 0 Å². The Morgan fingerprint density at radius 1 is 0.808 bits per heavy atom. The van der Waals surface area contributed by atoms with Gasteiger partial charge in [-0.1, -0.05) is 47.5 Å². The van der Waals surface area contributed by atoms with E-state index >= 15 is 0 Å². The standard InChI is InChI=1S/C18H14Cl2N2O4/c19-13-5-1-3-11(7-13)15-9-17(15,21(23)24)18(22(25)26)10-16(18)12-4-2-6-14(20)8-12/h1-8,15-16H,9-10H2/t15-,16+,17-,18+. The third kappa shape index (κ3) is 2.25. The Morgan fingerprint density at radius 3 is 1.50 bits per heavy atom. The van der Waals surface area contributed by atoms with Crippen LogP contribution in [0.1, 0.15) is 35.8 Å². The summed E-state index contributed by atoms with van der Waals surface area (Å²) in [5, 5.41) is 25.0. The van der Waals surface area contributed by atoms with Gasteiger partial charge in [-0.05, 0) is 35.4 Å². The summed E-state index contributed by atoms with van der Waals surface area (Å²) in [5.41, 5.74) is -1.89. The molecule has 0 unspecified atom stereocenters. The smallest absolute Gasteiger partial charge is 0.264 e. The molecule has 2 saturated carbocycles. The molecule has 0 bridgehead atoms. The monoisotopic (exact) mass is 392 g/mol. The summed E-state index contributed by atoms with van der Waals surface area (Å²) in [6.45, 7) is 0. The molecule has 0 saturated heterocycles. The molecule has 8 heteroatoms. The van der Waals surface area contributed by atoms with Gasteiger partial charge in [0, 0.05) is 32.7 Å². The van der Waals surface area contributed by atoms with E-state index in [1.165, 1.54) is 0 Å². The van der Waals surface area contributed by atoms with Gasteiger partial charge in [-0.25, -0.2) is 0 Å². The van der Waals surface area contributed by atoms with Crippen LogP contribution in [0, 0.1) is 20.2 Å². The predicted molar refractivity (Wildman–Crippen MR) is 97.1 cm³/mol. The molecule has 2 aromatic rings. The van der Waals surface area contributed by atoms with Crippen LogP contribution >= 0.6 is 23.2 Å². The molecule has 0 aliphatic heterocycles. The fraction of sp³-hybridized carbons (Fsp3) is 0.333. The molecule has 0 spiro atoms. The third-order valence-electron chi connectivity index (χ3n) is 5.77. The lowest BCUT2D eigenvalue weighted by Crippen LogP contribution is -2.46. The first-order chi connectivity index (χ1) is 12.3. The van der Waals surface area contributed by atoms with E-state index in [-0.39, 0.29) is 12.8 Å². The van der Waals surface area contributed by atoms with Crippen molar-refractivity contribution in [3.8, 4) is 0 Å². The molecule has 2 aromatic carbocycles. The van der Waals surface area contributed by atoms with Crippen molar-refractivity contribution < 1.29 is 9.85 Å². The maximum atomic E-state index is 12.0. The zero-order chi connectivity index (χ0) is 18.7. The van der Waals surface area contributed by atoms with Crippen LogP contribution < -0.4 is 0 Å². The van der Waals surface area contributed by atoms with Gasteiger partial charge in [0.15, 0.2) is 0 Å². The van der Waals surface area contributed by atoms with Crippen LogP contribution in [-0.4, -0.2) is 20.9 Å². The molecule has 0 amide bonds. The minimum atomic E-state index is -1.62. The molecule has 26 heavy (non-hydrogen) atoms. The average molecular weight is 393 g/mol. The van der Waals surface area contributed by atoms with Crippen LogP contribution in [0.5, 0.6) is 0 Å². The summed E-state index contributed by atoms with van der Waals surface area (Å²) in [6.07, 6.45) is 0.275. The summed E-state index contributed by atoms with van der Waals surface area (Å²) in [6, 6.07) is 13.6. The average Bonchev–Trinajstić information content (AvgIpc) is 3.46. The van der Waals surface area contributed by atoms with Crippen LogP contribution in [0.15, 0.2) is 48.5 Å². The van der Waals surface area contributed by atoms with Crippen LogP contribution in [0.3, 0.4) is 0 Å². The van der Waals surface area contributed by atoms with E-state index in [0.717, 1.165) is 0 Å². The predicted octanol–water partition coefficient (Wildman–Crippen LogP) is 4.70. The molecule has 2 aliphatic rings. The minimum absolute atomic E-state index is 0.137. The fourth-order valence-electron chi connectivity index (χ4n) is 4.41.